The van der Waals surface area contributed by atoms with Crippen molar-refractivity contribution >= 4 is 21.4 Å². The Bertz CT molecular complexity index is 486. The average molecular weight is 290 g/mol. The summed E-state index contributed by atoms with van der Waals surface area (Å²) in [4.78, 5) is 1.01. The predicted octanol–water partition coefficient (Wildman–Crippen LogP) is 1.92. The molecule has 0 bridgehead atoms. The highest BCUT2D eigenvalue weighted by Crippen LogP contribution is 2.26. The number of nitrogens with two attached hydrogens (primary N) is 1. The minimum Gasteiger partial charge on any atom is -0.330 e. The molecule has 1 aromatic heterocycles. The zero-order chi connectivity index (χ0) is 14.0. The third-order valence-corrected chi connectivity index (χ3v) is 5.81. The largest absolute Gasteiger partial charge is 0.330 e. The standard InChI is InChI=1S/C12H22N2O2S2/c1-12(2,3)9-14(4)18(15,16)11-6-5-10(17-11)7-8-13/h5-6H,7-9,13H2,1-4H3. The van der Waals surface area contributed by atoms with Gasteiger partial charge in [0.1, 0.15) is 4.21 Å². The summed E-state index contributed by atoms with van der Waals surface area (Å²) in [5, 5.41) is 0. The molecule has 0 aliphatic rings. The fraction of sp³-hybridized carbons (Fsp3) is 0.667. The first kappa shape index (κ1) is 15.6. The van der Waals surface area contributed by atoms with Gasteiger partial charge in [-0.3, -0.25) is 0 Å². The first-order valence-corrected chi connectivity index (χ1v) is 8.17. The molecule has 0 spiro atoms. The van der Waals surface area contributed by atoms with Crippen LogP contribution in [0.2, 0.25) is 0 Å². The smallest absolute Gasteiger partial charge is 0.252 e. The summed E-state index contributed by atoms with van der Waals surface area (Å²) in [7, 11) is -1.73. The molecule has 0 aromatic carbocycles. The Morgan fingerprint density at radius 1 is 1.33 bits per heavy atom. The van der Waals surface area contributed by atoms with Gasteiger partial charge in [0, 0.05) is 18.5 Å². The van der Waals surface area contributed by atoms with Crippen molar-refractivity contribution in [3.63, 3.8) is 0 Å². The van der Waals surface area contributed by atoms with Crippen LogP contribution in [-0.4, -0.2) is 32.9 Å². The molecule has 1 aromatic rings. The molecular weight excluding hydrogens is 268 g/mol. The lowest BCUT2D eigenvalue weighted by molar-refractivity contribution is 0.311. The predicted molar refractivity (Wildman–Crippen MR) is 76.3 cm³/mol. The van der Waals surface area contributed by atoms with E-state index in [4.69, 9.17) is 5.73 Å². The van der Waals surface area contributed by atoms with E-state index < -0.39 is 10.0 Å². The van der Waals surface area contributed by atoms with Gasteiger partial charge in [-0.25, -0.2) is 8.42 Å². The molecule has 4 nitrogen and oxygen atoms in total. The second-order valence-corrected chi connectivity index (χ2v) is 9.02. The summed E-state index contributed by atoms with van der Waals surface area (Å²) in [6.45, 7) is 7.10. The van der Waals surface area contributed by atoms with Gasteiger partial charge in [0.05, 0.1) is 0 Å². The van der Waals surface area contributed by atoms with E-state index in [0.29, 0.717) is 17.3 Å². The van der Waals surface area contributed by atoms with Crippen LogP contribution in [0.3, 0.4) is 0 Å². The lowest BCUT2D eigenvalue weighted by Crippen LogP contribution is -2.34. The normalized spacial score (nSPS) is 13.2. The quantitative estimate of drug-likeness (QED) is 0.901. The number of nitrogens with zero attached hydrogens (tertiary/aromatic N) is 1. The third-order valence-electron chi connectivity index (χ3n) is 2.39. The van der Waals surface area contributed by atoms with Crippen molar-refractivity contribution in [3.8, 4) is 0 Å². The Balaban J connectivity index is 2.91. The molecule has 0 saturated heterocycles. The molecule has 0 radical (unpaired) electrons. The topological polar surface area (TPSA) is 63.4 Å². The summed E-state index contributed by atoms with van der Waals surface area (Å²) < 4.78 is 26.5. The maximum absolute atomic E-state index is 12.3. The van der Waals surface area contributed by atoms with Gasteiger partial charge in [0.15, 0.2) is 0 Å². The molecule has 0 saturated carbocycles. The summed E-state index contributed by atoms with van der Waals surface area (Å²) in [6, 6.07) is 3.51. The second-order valence-electron chi connectivity index (χ2n) is 5.58. The highest BCUT2D eigenvalue weighted by atomic mass is 32.2. The fourth-order valence-electron chi connectivity index (χ4n) is 1.68. The van der Waals surface area contributed by atoms with E-state index in [2.05, 4.69) is 0 Å². The van der Waals surface area contributed by atoms with Crippen LogP contribution >= 0.6 is 11.3 Å². The van der Waals surface area contributed by atoms with Crippen LogP contribution in [-0.2, 0) is 16.4 Å². The van der Waals surface area contributed by atoms with Crippen molar-refractivity contribution in [3.05, 3.63) is 17.0 Å². The van der Waals surface area contributed by atoms with E-state index >= 15 is 0 Å². The first-order valence-electron chi connectivity index (χ1n) is 5.92. The molecule has 0 aliphatic heterocycles. The first-order chi connectivity index (χ1) is 8.16. The van der Waals surface area contributed by atoms with Gasteiger partial charge in [-0.2, -0.15) is 4.31 Å². The Kier molecular flexibility index (Phi) is 4.94. The Morgan fingerprint density at radius 3 is 2.44 bits per heavy atom. The Hall–Kier alpha value is -0.430. The number of thiophene rings is 1. The zero-order valence-electron chi connectivity index (χ0n) is 11.4. The van der Waals surface area contributed by atoms with E-state index in [-0.39, 0.29) is 5.41 Å². The van der Waals surface area contributed by atoms with Crippen molar-refractivity contribution < 1.29 is 8.42 Å². The molecule has 1 heterocycles. The molecule has 18 heavy (non-hydrogen) atoms. The SMILES string of the molecule is CN(CC(C)(C)C)S(=O)(=O)c1ccc(CCN)s1. The lowest BCUT2D eigenvalue weighted by atomic mass is 9.97. The third kappa shape index (κ3) is 4.05. The number of hydrogen-bond acceptors (Lipinski definition) is 4. The maximum Gasteiger partial charge on any atom is 0.252 e. The molecule has 0 amide bonds. The van der Waals surface area contributed by atoms with Gasteiger partial charge in [-0.05, 0) is 30.5 Å². The number of hydrogen-bond donors (Lipinski definition) is 1. The van der Waals surface area contributed by atoms with Crippen molar-refractivity contribution in [1.29, 1.82) is 0 Å². The molecular formula is C12H22N2O2S2. The van der Waals surface area contributed by atoms with Crippen molar-refractivity contribution in [1.82, 2.24) is 4.31 Å². The van der Waals surface area contributed by atoms with Gasteiger partial charge in [-0.15, -0.1) is 11.3 Å². The summed E-state index contributed by atoms with van der Waals surface area (Å²) in [6.07, 6.45) is 0.725. The van der Waals surface area contributed by atoms with Crippen LogP contribution < -0.4 is 5.73 Å². The summed E-state index contributed by atoms with van der Waals surface area (Å²) >= 11 is 1.31. The molecule has 6 heteroatoms. The highest BCUT2D eigenvalue weighted by Gasteiger charge is 2.26. The molecule has 2 N–H and O–H groups in total. The average Bonchev–Trinajstić information content (AvgIpc) is 2.64. The molecule has 0 aliphatic carbocycles. The Morgan fingerprint density at radius 2 is 1.94 bits per heavy atom. The van der Waals surface area contributed by atoms with Gasteiger partial charge in [-0.1, -0.05) is 20.8 Å². The summed E-state index contributed by atoms with van der Waals surface area (Å²) in [5.41, 5.74) is 5.41. The number of rotatable bonds is 5. The van der Waals surface area contributed by atoms with Crippen LogP contribution in [0.15, 0.2) is 16.3 Å². The summed E-state index contributed by atoms with van der Waals surface area (Å²) in [5.74, 6) is 0. The van der Waals surface area contributed by atoms with Gasteiger partial charge in [0.2, 0.25) is 0 Å². The zero-order valence-corrected chi connectivity index (χ0v) is 13.1. The Labute approximate surface area is 114 Å². The maximum atomic E-state index is 12.3. The van der Waals surface area contributed by atoms with E-state index in [1.807, 2.05) is 26.8 Å². The van der Waals surface area contributed by atoms with Crippen LogP contribution in [0, 0.1) is 5.41 Å². The van der Waals surface area contributed by atoms with Gasteiger partial charge < -0.3 is 5.73 Å². The van der Waals surface area contributed by atoms with E-state index in [1.165, 1.54) is 15.6 Å². The molecule has 0 atom stereocenters. The van der Waals surface area contributed by atoms with E-state index in [9.17, 15) is 8.42 Å². The van der Waals surface area contributed by atoms with Crippen LogP contribution in [0.5, 0.6) is 0 Å². The van der Waals surface area contributed by atoms with Gasteiger partial charge in [0.25, 0.3) is 10.0 Å². The van der Waals surface area contributed by atoms with Crippen LogP contribution in [0.25, 0.3) is 0 Å². The van der Waals surface area contributed by atoms with Gasteiger partial charge >= 0.3 is 0 Å². The van der Waals surface area contributed by atoms with Crippen LogP contribution in [0.4, 0.5) is 0 Å². The monoisotopic (exact) mass is 290 g/mol. The fourth-order valence-corrected chi connectivity index (χ4v) is 4.66. The highest BCUT2D eigenvalue weighted by molar-refractivity contribution is 7.91. The van der Waals surface area contributed by atoms with Crippen molar-refractivity contribution in [2.24, 2.45) is 11.1 Å². The van der Waals surface area contributed by atoms with Crippen molar-refractivity contribution in [2.75, 3.05) is 20.1 Å². The van der Waals surface area contributed by atoms with E-state index in [0.717, 1.165) is 11.3 Å². The minimum atomic E-state index is -3.36. The number of sulfonamides is 1. The lowest BCUT2D eigenvalue weighted by Gasteiger charge is -2.25. The second kappa shape index (κ2) is 5.69. The molecule has 0 unspecified atom stereocenters. The van der Waals surface area contributed by atoms with E-state index in [1.54, 1.807) is 13.1 Å². The van der Waals surface area contributed by atoms with Crippen molar-refractivity contribution in [2.45, 2.75) is 31.4 Å². The molecule has 0 fully saturated rings. The van der Waals surface area contributed by atoms with Crippen LogP contribution in [0.1, 0.15) is 25.6 Å². The molecule has 1 rings (SSSR count). The minimum absolute atomic E-state index is 0.0564. The molecule has 104 valence electrons.